The second-order valence-electron chi connectivity index (χ2n) is 8.30. The fraction of sp³-hybridized carbons (Fsp3) is 0.708. The van der Waals surface area contributed by atoms with E-state index in [4.69, 9.17) is 5.73 Å². The lowest BCUT2D eigenvalue weighted by atomic mass is 10.0. The van der Waals surface area contributed by atoms with Crippen molar-refractivity contribution in [2.75, 3.05) is 5.73 Å². The summed E-state index contributed by atoms with van der Waals surface area (Å²) in [5.74, 6) is -0.443. The molecule has 0 aliphatic carbocycles. The standard InChI is InChI=1S/C24H42N2O3S.BrH/c1-2-3-4-5-6-7-8-9-10-11-12-13-14-15-16-17-24(27)26-30(28,29)23-20-18-22(25)19-21-23;/h18-21H,2-17,25H2,1H3,(H,26,27);1H. The van der Waals surface area contributed by atoms with E-state index in [1.165, 1.54) is 101 Å². The number of nitrogens with one attached hydrogen (secondary N) is 1. The fourth-order valence-corrected chi connectivity index (χ4v) is 4.58. The first-order valence-corrected chi connectivity index (χ1v) is 13.3. The predicted molar refractivity (Wildman–Crippen MR) is 136 cm³/mol. The van der Waals surface area contributed by atoms with Gasteiger partial charge in [-0.2, -0.15) is 0 Å². The molecule has 0 heterocycles. The van der Waals surface area contributed by atoms with E-state index in [0.29, 0.717) is 5.69 Å². The Morgan fingerprint density at radius 1 is 0.742 bits per heavy atom. The SMILES string of the molecule is Br.CCCCCCCCCCCCCCCCCC(=O)NS(=O)(=O)c1ccc(N)cc1. The summed E-state index contributed by atoms with van der Waals surface area (Å²) in [6.45, 7) is 2.26. The maximum absolute atomic E-state index is 12.1. The number of sulfonamides is 1. The van der Waals surface area contributed by atoms with E-state index in [-0.39, 0.29) is 28.3 Å². The highest BCUT2D eigenvalue weighted by Crippen LogP contribution is 2.14. The summed E-state index contributed by atoms with van der Waals surface area (Å²) in [5.41, 5.74) is 6.04. The number of rotatable bonds is 18. The molecule has 1 rings (SSSR count). The monoisotopic (exact) mass is 518 g/mol. The van der Waals surface area contributed by atoms with Crippen molar-refractivity contribution in [2.45, 2.75) is 115 Å². The van der Waals surface area contributed by atoms with Crippen LogP contribution in [0, 0.1) is 0 Å². The average Bonchev–Trinajstić information content (AvgIpc) is 2.71. The van der Waals surface area contributed by atoms with Crippen LogP contribution in [-0.2, 0) is 14.8 Å². The molecule has 0 aliphatic rings. The van der Waals surface area contributed by atoms with Crippen molar-refractivity contribution in [1.82, 2.24) is 4.72 Å². The van der Waals surface area contributed by atoms with Crippen LogP contribution in [-0.4, -0.2) is 14.3 Å². The lowest BCUT2D eigenvalue weighted by Gasteiger charge is -2.07. The summed E-state index contributed by atoms with van der Waals surface area (Å²) in [6, 6.07) is 5.82. The topological polar surface area (TPSA) is 89.3 Å². The third-order valence-electron chi connectivity index (χ3n) is 5.45. The number of nitrogen functional groups attached to an aromatic ring is 1. The molecule has 0 bridgehead atoms. The lowest BCUT2D eigenvalue weighted by Crippen LogP contribution is -2.30. The smallest absolute Gasteiger partial charge is 0.264 e. The number of halogens is 1. The summed E-state index contributed by atoms with van der Waals surface area (Å²) < 4.78 is 26.4. The van der Waals surface area contributed by atoms with E-state index >= 15 is 0 Å². The summed E-state index contributed by atoms with van der Waals surface area (Å²) >= 11 is 0. The van der Waals surface area contributed by atoms with Crippen molar-refractivity contribution >= 4 is 38.6 Å². The molecule has 0 saturated heterocycles. The van der Waals surface area contributed by atoms with Crippen molar-refractivity contribution in [3.63, 3.8) is 0 Å². The molecule has 0 aromatic heterocycles. The maximum atomic E-state index is 12.1. The third kappa shape index (κ3) is 15.4. The Morgan fingerprint density at radius 3 is 1.55 bits per heavy atom. The van der Waals surface area contributed by atoms with Crippen LogP contribution in [0.25, 0.3) is 0 Å². The molecule has 0 atom stereocenters. The highest BCUT2D eigenvalue weighted by molar-refractivity contribution is 8.93. The zero-order valence-electron chi connectivity index (χ0n) is 19.2. The van der Waals surface area contributed by atoms with Gasteiger partial charge in [-0.15, -0.1) is 17.0 Å². The van der Waals surface area contributed by atoms with Crippen LogP contribution in [0.3, 0.4) is 0 Å². The highest BCUT2D eigenvalue weighted by Gasteiger charge is 2.16. The molecular formula is C24H43BrN2O3S. The number of hydrogen-bond donors (Lipinski definition) is 2. The number of nitrogens with two attached hydrogens (primary N) is 1. The van der Waals surface area contributed by atoms with Gasteiger partial charge in [0.15, 0.2) is 0 Å². The van der Waals surface area contributed by atoms with Crippen molar-refractivity contribution in [3.05, 3.63) is 24.3 Å². The molecule has 0 fully saturated rings. The van der Waals surface area contributed by atoms with Gasteiger partial charge in [0.05, 0.1) is 4.90 Å². The molecule has 7 heteroatoms. The van der Waals surface area contributed by atoms with E-state index in [1.54, 1.807) is 0 Å². The zero-order valence-corrected chi connectivity index (χ0v) is 21.8. The van der Waals surface area contributed by atoms with Gasteiger partial charge in [-0.3, -0.25) is 4.79 Å². The van der Waals surface area contributed by atoms with Crippen molar-refractivity contribution in [2.24, 2.45) is 0 Å². The molecule has 5 nitrogen and oxygen atoms in total. The van der Waals surface area contributed by atoms with Crippen LogP contribution < -0.4 is 10.5 Å². The molecule has 1 amide bonds. The van der Waals surface area contributed by atoms with Gasteiger partial charge in [0.1, 0.15) is 0 Å². The highest BCUT2D eigenvalue weighted by atomic mass is 79.9. The molecule has 0 saturated carbocycles. The van der Waals surface area contributed by atoms with Crippen molar-refractivity contribution in [1.29, 1.82) is 0 Å². The van der Waals surface area contributed by atoms with Crippen LogP contribution in [0.2, 0.25) is 0 Å². The van der Waals surface area contributed by atoms with Crippen molar-refractivity contribution < 1.29 is 13.2 Å². The number of carbonyl (C=O) groups is 1. The van der Waals surface area contributed by atoms with Crippen LogP contribution in [0.15, 0.2) is 29.2 Å². The molecule has 1 aromatic rings. The predicted octanol–water partition coefficient (Wildman–Crippen LogP) is 6.91. The van der Waals surface area contributed by atoms with Crippen LogP contribution in [0.4, 0.5) is 5.69 Å². The first-order valence-electron chi connectivity index (χ1n) is 11.9. The Bertz CT molecular complexity index is 679. The van der Waals surface area contributed by atoms with E-state index in [2.05, 4.69) is 11.6 Å². The Hall–Kier alpha value is -1.08. The summed E-state index contributed by atoms with van der Waals surface area (Å²) in [4.78, 5) is 12.0. The van der Waals surface area contributed by atoms with E-state index in [9.17, 15) is 13.2 Å². The quantitative estimate of drug-likeness (QED) is 0.163. The second-order valence-corrected chi connectivity index (χ2v) is 9.98. The third-order valence-corrected chi connectivity index (χ3v) is 6.84. The van der Waals surface area contributed by atoms with Gasteiger partial charge in [-0.1, -0.05) is 96.8 Å². The Labute approximate surface area is 200 Å². The molecule has 3 N–H and O–H groups in total. The first-order chi connectivity index (χ1) is 14.5. The molecule has 0 aliphatic heterocycles. The molecule has 31 heavy (non-hydrogen) atoms. The van der Waals surface area contributed by atoms with Gasteiger partial charge >= 0.3 is 0 Å². The van der Waals surface area contributed by atoms with E-state index in [1.807, 2.05) is 0 Å². The molecule has 0 radical (unpaired) electrons. The fourth-order valence-electron chi connectivity index (χ4n) is 3.56. The minimum Gasteiger partial charge on any atom is -0.399 e. The molecule has 0 unspecified atom stereocenters. The normalized spacial score (nSPS) is 11.1. The zero-order chi connectivity index (χ0) is 22.1. The van der Waals surface area contributed by atoms with Gasteiger partial charge in [0, 0.05) is 12.1 Å². The molecule has 1 aromatic carbocycles. The minimum atomic E-state index is -3.80. The number of unbranched alkanes of at least 4 members (excludes halogenated alkanes) is 14. The van der Waals surface area contributed by atoms with Gasteiger partial charge in [-0.25, -0.2) is 13.1 Å². The Kier molecular flexibility index (Phi) is 17.8. The average molecular weight is 520 g/mol. The van der Waals surface area contributed by atoms with Gasteiger partial charge in [0.2, 0.25) is 5.91 Å². The lowest BCUT2D eigenvalue weighted by molar-refractivity contribution is -0.119. The van der Waals surface area contributed by atoms with Crippen LogP contribution in [0.1, 0.15) is 110 Å². The number of benzene rings is 1. The van der Waals surface area contributed by atoms with Crippen LogP contribution in [0.5, 0.6) is 0 Å². The Morgan fingerprint density at radius 2 is 1.13 bits per heavy atom. The number of carbonyl (C=O) groups excluding carboxylic acids is 1. The van der Waals surface area contributed by atoms with Gasteiger partial charge < -0.3 is 5.73 Å². The second kappa shape index (κ2) is 18.5. The maximum Gasteiger partial charge on any atom is 0.264 e. The number of anilines is 1. The van der Waals surface area contributed by atoms with Crippen molar-refractivity contribution in [3.8, 4) is 0 Å². The summed E-state index contributed by atoms with van der Waals surface area (Å²) in [6.07, 6.45) is 19.2. The van der Waals surface area contributed by atoms with Gasteiger partial charge in [-0.05, 0) is 30.7 Å². The summed E-state index contributed by atoms with van der Waals surface area (Å²) in [7, 11) is -3.80. The largest absolute Gasteiger partial charge is 0.399 e. The van der Waals surface area contributed by atoms with Gasteiger partial charge in [0.25, 0.3) is 10.0 Å². The minimum absolute atomic E-state index is 0. The van der Waals surface area contributed by atoms with Crippen LogP contribution >= 0.6 is 17.0 Å². The van der Waals surface area contributed by atoms with E-state index in [0.717, 1.165) is 19.3 Å². The molecule has 0 spiro atoms. The summed E-state index contributed by atoms with van der Waals surface area (Å²) in [5, 5.41) is 0. The molecular weight excluding hydrogens is 476 g/mol. The number of hydrogen-bond acceptors (Lipinski definition) is 4. The number of amides is 1. The Balaban J connectivity index is 0.00000900. The first kappa shape index (κ1) is 29.9. The van der Waals surface area contributed by atoms with E-state index < -0.39 is 15.9 Å². The molecule has 180 valence electrons.